The number of carbonyl (C=O) groups excluding carboxylic acids is 2. The minimum Gasteiger partial charge on any atom is -0.459 e. The van der Waals surface area contributed by atoms with Crippen LogP contribution in [0.4, 0.5) is 11.4 Å². The summed E-state index contributed by atoms with van der Waals surface area (Å²) < 4.78 is 33.6. The number of hydrogen-bond donors (Lipinski definition) is 2. The minimum absolute atomic E-state index is 0.0837. The average molecular weight is 482 g/mol. The number of nitrogens with one attached hydrogen (secondary N) is 2. The Bertz CT molecular complexity index is 1260. The van der Waals surface area contributed by atoms with Crippen molar-refractivity contribution in [2.45, 2.75) is 44.0 Å². The molecule has 1 atom stereocenters. The number of rotatable bonds is 6. The summed E-state index contributed by atoms with van der Waals surface area (Å²) in [5.41, 5.74) is 2.66. The van der Waals surface area contributed by atoms with E-state index in [0.29, 0.717) is 24.3 Å². The van der Waals surface area contributed by atoms with Crippen LogP contribution in [0, 0.1) is 13.8 Å². The topological polar surface area (TPSA) is 109 Å². The number of nitrogens with zero attached hydrogens (tertiary/aromatic N) is 1. The molecule has 178 valence electrons. The van der Waals surface area contributed by atoms with Gasteiger partial charge in [-0.3, -0.25) is 14.3 Å². The van der Waals surface area contributed by atoms with Crippen LogP contribution in [0.15, 0.2) is 70.2 Å². The molecule has 4 rings (SSSR count). The van der Waals surface area contributed by atoms with Crippen LogP contribution in [0.3, 0.4) is 0 Å². The van der Waals surface area contributed by atoms with E-state index in [2.05, 4.69) is 10.0 Å². The van der Waals surface area contributed by atoms with Gasteiger partial charge in [0.05, 0.1) is 16.8 Å². The Kier molecular flexibility index (Phi) is 6.74. The highest BCUT2D eigenvalue weighted by molar-refractivity contribution is 7.92. The van der Waals surface area contributed by atoms with Crippen LogP contribution in [-0.2, 0) is 14.8 Å². The average Bonchev–Trinajstić information content (AvgIpc) is 3.36. The van der Waals surface area contributed by atoms with E-state index in [4.69, 9.17) is 4.42 Å². The van der Waals surface area contributed by atoms with Crippen molar-refractivity contribution in [3.05, 3.63) is 77.7 Å². The highest BCUT2D eigenvalue weighted by Crippen LogP contribution is 2.25. The van der Waals surface area contributed by atoms with Gasteiger partial charge < -0.3 is 14.6 Å². The lowest BCUT2D eigenvalue weighted by atomic mass is 10.0. The maximum atomic E-state index is 13.0. The number of sulfonamides is 1. The fraction of sp³-hybridized carbons (Fsp3) is 0.280. The Morgan fingerprint density at radius 1 is 0.971 bits per heavy atom. The largest absolute Gasteiger partial charge is 0.459 e. The quantitative estimate of drug-likeness (QED) is 0.545. The Morgan fingerprint density at radius 2 is 1.68 bits per heavy atom. The molecule has 9 heteroatoms. The summed E-state index contributed by atoms with van der Waals surface area (Å²) in [7, 11) is -3.80. The van der Waals surface area contributed by atoms with Crippen LogP contribution in [0.25, 0.3) is 0 Å². The van der Waals surface area contributed by atoms with Gasteiger partial charge >= 0.3 is 0 Å². The normalized spacial score (nSPS) is 16.2. The molecule has 0 aliphatic carbocycles. The molecule has 0 saturated carbocycles. The van der Waals surface area contributed by atoms with Crippen molar-refractivity contribution in [3.63, 3.8) is 0 Å². The third-order valence-corrected chi connectivity index (χ3v) is 7.31. The summed E-state index contributed by atoms with van der Waals surface area (Å²) in [5, 5.41) is 2.81. The van der Waals surface area contributed by atoms with Gasteiger partial charge in [0.2, 0.25) is 5.91 Å². The molecular formula is C25H27N3O5S. The molecule has 2 heterocycles. The molecule has 2 N–H and O–H groups in total. The SMILES string of the molecule is Cc1cccc(C)c1NS(=O)(=O)c1ccc(NC(=O)C2CCCCN2C(=O)c2ccco2)cc1. The maximum absolute atomic E-state index is 13.0. The number of likely N-dealkylation sites (tertiary alicyclic amines) is 1. The van der Waals surface area contributed by atoms with Crippen LogP contribution >= 0.6 is 0 Å². The highest BCUT2D eigenvalue weighted by Gasteiger charge is 2.33. The first kappa shape index (κ1) is 23.6. The first-order valence-electron chi connectivity index (χ1n) is 11.1. The van der Waals surface area contributed by atoms with Gasteiger partial charge in [0.1, 0.15) is 6.04 Å². The highest BCUT2D eigenvalue weighted by atomic mass is 32.2. The number of hydrogen-bond acceptors (Lipinski definition) is 5. The van der Waals surface area contributed by atoms with Crippen LogP contribution in [0.1, 0.15) is 40.9 Å². The molecule has 1 aromatic heterocycles. The second-order valence-corrected chi connectivity index (χ2v) is 10.1. The first-order valence-corrected chi connectivity index (χ1v) is 12.6. The van der Waals surface area contributed by atoms with E-state index in [-0.39, 0.29) is 22.5 Å². The molecule has 34 heavy (non-hydrogen) atoms. The van der Waals surface area contributed by atoms with Crippen molar-refractivity contribution in [2.75, 3.05) is 16.6 Å². The van der Waals surface area contributed by atoms with Gasteiger partial charge in [0, 0.05) is 12.2 Å². The lowest BCUT2D eigenvalue weighted by Gasteiger charge is -2.34. The van der Waals surface area contributed by atoms with Crippen molar-refractivity contribution in [2.24, 2.45) is 0 Å². The van der Waals surface area contributed by atoms with E-state index in [9.17, 15) is 18.0 Å². The van der Waals surface area contributed by atoms with Crippen molar-refractivity contribution in [3.8, 4) is 0 Å². The molecule has 1 fully saturated rings. The van der Waals surface area contributed by atoms with E-state index in [0.717, 1.165) is 24.0 Å². The molecule has 0 spiro atoms. The predicted molar refractivity (Wildman–Crippen MR) is 129 cm³/mol. The number of furan rings is 1. The zero-order chi connectivity index (χ0) is 24.3. The van der Waals surface area contributed by atoms with E-state index in [1.165, 1.54) is 23.3 Å². The summed E-state index contributed by atoms with van der Waals surface area (Å²) in [6.07, 6.45) is 3.62. The van der Waals surface area contributed by atoms with Gasteiger partial charge in [-0.2, -0.15) is 0 Å². The van der Waals surface area contributed by atoms with Crippen molar-refractivity contribution >= 4 is 33.2 Å². The molecule has 2 aromatic carbocycles. The van der Waals surface area contributed by atoms with Crippen molar-refractivity contribution in [1.29, 1.82) is 0 Å². The molecular weight excluding hydrogens is 454 g/mol. The number of piperidine rings is 1. The van der Waals surface area contributed by atoms with E-state index in [1.807, 2.05) is 32.0 Å². The van der Waals surface area contributed by atoms with E-state index in [1.54, 1.807) is 24.3 Å². The van der Waals surface area contributed by atoms with E-state index >= 15 is 0 Å². The second-order valence-electron chi connectivity index (χ2n) is 8.37. The van der Waals surface area contributed by atoms with Gasteiger partial charge in [0.15, 0.2) is 5.76 Å². The monoisotopic (exact) mass is 481 g/mol. The molecule has 1 unspecified atom stereocenters. The number of anilines is 2. The number of benzene rings is 2. The van der Waals surface area contributed by atoms with Crippen LogP contribution in [-0.4, -0.2) is 37.7 Å². The second kappa shape index (κ2) is 9.72. The van der Waals surface area contributed by atoms with E-state index < -0.39 is 16.1 Å². The Morgan fingerprint density at radius 3 is 2.32 bits per heavy atom. The number of para-hydroxylation sites is 1. The molecule has 0 bridgehead atoms. The summed E-state index contributed by atoms with van der Waals surface area (Å²) in [6.45, 7) is 4.15. The molecule has 0 radical (unpaired) electrons. The van der Waals surface area contributed by atoms with Crippen LogP contribution < -0.4 is 10.0 Å². The lowest BCUT2D eigenvalue weighted by molar-refractivity contribution is -0.121. The van der Waals surface area contributed by atoms with Crippen molar-refractivity contribution in [1.82, 2.24) is 4.90 Å². The van der Waals surface area contributed by atoms with Crippen molar-refractivity contribution < 1.29 is 22.4 Å². The third-order valence-electron chi connectivity index (χ3n) is 5.95. The molecule has 2 amide bonds. The third kappa shape index (κ3) is 4.99. The standard InChI is InChI=1S/C25H27N3O5S/c1-17-7-5-8-18(2)23(17)27-34(31,32)20-13-11-19(12-14-20)26-24(29)21-9-3-4-15-28(21)25(30)22-10-6-16-33-22/h5-8,10-14,16,21,27H,3-4,9,15H2,1-2H3,(H,26,29). The lowest BCUT2D eigenvalue weighted by Crippen LogP contribution is -2.49. The number of amides is 2. The van der Waals surface area contributed by atoms with Crippen LogP contribution in [0.2, 0.25) is 0 Å². The number of carbonyl (C=O) groups is 2. The summed E-state index contributed by atoms with van der Waals surface area (Å²) in [6, 6.07) is 14.1. The zero-order valence-electron chi connectivity index (χ0n) is 19.1. The molecule has 8 nitrogen and oxygen atoms in total. The maximum Gasteiger partial charge on any atom is 0.290 e. The zero-order valence-corrected chi connectivity index (χ0v) is 19.9. The summed E-state index contributed by atoms with van der Waals surface area (Å²) >= 11 is 0. The molecule has 1 aliphatic heterocycles. The van der Waals surface area contributed by atoms with Crippen LogP contribution in [0.5, 0.6) is 0 Å². The first-order chi connectivity index (χ1) is 16.3. The van der Waals surface area contributed by atoms with Gasteiger partial charge in [-0.05, 0) is 80.6 Å². The minimum atomic E-state index is -3.80. The Hall–Kier alpha value is -3.59. The molecule has 1 aliphatic rings. The fourth-order valence-corrected chi connectivity index (χ4v) is 5.30. The Balaban J connectivity index is 1.46. The van der Waals surface area contributed by atoms with Gasteiger partial charge in [-0.15, -0.1) is 0 Å². The van der Waals surface area contributed by atoms with Gasteiger partial charge in [-0.25, -0.2) is 8.42 Å². The Labute approximate surface area is 199 Å². The fourth-order valence-electron chi connectivity index (χ4n) is 4.10. The number of aryl methyl sites for hydroxylation is 2. The van der Waals surface area contributed by atoms with Gasteiger partial charge in [-0.1, -0.05) is 18.2 Å². The predicted octanol–water partition coefficient (Wildman–Crippen LogP) is 4.33. The summed E-state index contributed by atoms with van der Waals surface area (Å²) in [5.74, 6) is -0.432. The summed E-state index contributed by atoms with van der Waals surface area (Å²) in [4.78, 5) is 27.4. The smallest absolute Gasteiger partial charge is 0.290 e. The molecule has 1 saturated heterocycles. The molecule has 3 aromatic rings. The van der Waals surface area contributed by atoms with Gasteiger partial charge in [0.25, 0.3) is 15.9 Å².